The van der Waals surface area contributed by atoms with Crippen LogP contribution in [0.15, 0.2) is 23.2 Å². The maximum atomic E-state index is 13.4. The largest absolute Gasteiger partial charge is 0.357 e. The Hall–Kier alpha value is -1.76. The van der Waals surface area contributed by atoms with Gasteiger partial charge in [0.15, 0.2) is 5.96 Å². The standard InChI is InChI=1S/C19H31FN4OS/c1-6-21-18(23-10-9-22-17(25)19(2,3)4)24-12-14-7-8-16(20)11-15(14)13-26-5/h7-8,11H,6,9-10,12-13H2,1-5H3,(H,22,25)(H2,21,23,24). The lowest BCUT2D eigenvalue weighted by Gasteiger charge is -2.18. The molecule has 0 saturated carbocycles. The zero-order chi connectivity index (χ0) is 19.6. The third-order valence-electron chi connectivity index (χ3n) is 3.60. The third-order valence-corrected chi connectivity index (χ3v) is 4.20. The topological polar surface area (TPSA) is 65.5 Å². The molecular formula is C19H31FN4OS. The number of nitrogens with zero attached hydrogens (tertiary/aromatic N) is 1. The van der Waals surface area contributed by atoms with Crippen LogP contribution in [0.25, 0.3) is 0 Å². The van der Waals surface area contributed by atoms with Crippen LogP contribution in [0.4, 0.5) is 4.39 Å². The molecule has 1 amide bonds. The van der Waals surface area contributed by atoms with Crippen LogP contribution in [-0.4, -0.2) is 37.8 Å². The molecule has 0 unspecified atom stereocenters. The summed E-state index contributed by atoms with van der Waals surface area (Å²) in [5.74, 6) is 1.23. The summed E-state index contributed by atoms with van der Waals surface area (Å²) in [6.45, 7) is 9.96. The molecule has 0 fully saturated rings. The molecule has 0 aliphatic rings. The van der Waals surface area contributed by atoms with Crippen molar-refractivity contribution >= 4 is 23.6 Å². The number of amides is 1. The molecular weight excluding hydrogens is 351 g/mol. The van der Waals surface area contributed by atoms with E-state index in [9.17, 15) is 9.18 Å². The molecule has 5 nitrogen and oxygen atoms in total. The zero-order valence-corrected chi connectivity index (χ0v) is 17.2. The Morgan fingerprint density at radius 3 is 2.46 bits per heavy atom. The molecule has 1 rings (SSSR count). The average molecular weight is 383 g/mol. The summed E-state index contributed by atoms with van der Waals surface area (Å²) >= 11 is 1.66. The molecule has 0 aliphatic heterocycles. The molecule has 146 valence electrons. The van der Waals surface area contributed by atoms with Crippen LogP contribution in [0.1, 0.15) is 38.8 Å². The first-order valence-corrected chi connectivity index (χ1v) is 10.2. The first-order valence-electron chi connectivity index (χ1n) is 8.84. The number of carbonyl (C=O) groups is 1. The number of hydrogen-bond donors (Lipinski definition) is 3. The first-order chi connectivity index (χ1) is 12.3. The van der Waals surface area contributed by atoms with Gasteiger partial charge < -0.3 is 16.0 Å². The molecule has 26 heavy (non-hydrogen) atoms. The van der Waals surface area contributed by atoms with E-state index in [-0.39, 0.29) is 11.7 Å². The van der Waals surface area contributed by atoms with Crippen LogP contribution in [0, 0.1) is 11.2 Å². The summed E-state index contributed by atoms with van der Waals surface area (Å²) in [6, 6.07) is 4.83. The van der Waals surface area contributed by atoms with Crippen LogP contribution >= 0.6 is 11.8 Å². The van der Waals surface area contributed by atoms with E-state index in [1.54, 1.807) is 23.9 Å². The van der Waals surface area contributed by atoms with Crippen molar-refractivity contribution < 1.29 is 9.18 Å². The molecule has 0 spiro atoms. The third kappa shape index (κ3) is 8.08. The van der Waals surface area contributed by atoms with Crippen molar-refractivity contribution in [1.82, 2.24) is 16.0 Å². The fourth-order valence-corrected chi connectivity index (χ4v) is 2.75. The lowest BCUT2D eigenvalue weighted by atomic mass is 9.96. The van der Waals surface area contributed by atoms with Gasteiger partial charge in [-0.05, 0) is 36.4 Å². The fourth-order valence-electron chi connectivity index (χ4n) is 2.17. The number of aliphatic imine (C=N–C) groups is 1. The van der Waals surface area contributed by atoms with Crippen molar-refractivity contribution in [2.45, 2.75) is 40.0 Å². The van der Waals surface area contributed by atoms with E-state index in [0.29, 0.717) is 25.6 Å². The molecule has 3 N–H and O–H groups in total. The summed E-state index contributed by atoms with van der Waals surface area (Å²) in [6.07, 6.45) is 2.00. The summed E-state index contributed by atoms with van der Waals surface area (Å²) < 4.78 is 13.4. The van der Waals surface area contributed by atoms with Crippen molar-refractivity contribution in [3.63, 3.8) is 0 Å². The van der Waals surface area contributed by atoms with Crippen molar-refractivity contribution in [3.8, 4) is 0 Å². The van der Waals surface area contributed by atoms with Gasteiger partial charge in [0.2, 0.25) is 5.91 Å². The van der Waals surface area contributed by atoms with Crippen LogP contribution < -0.4 is 16.0 Å². The van der Waals surface area contributed by atoms with E-state index in [1.807, 2.05) is 34.0 Å². The number of nitrogens with one attached hydrogen (secondary N) is 3. The van der Waals surface area contributed by atoms with Gasteiger partial charge in [-0.2, -0.15) is 11.8 Å². The van der Waals surface area contributed by atoms with Crippen LogP contribution in [0.3, 0.4) is 0 Å². The van der Waals surface area contributed by atoms with Gasteiger partial charge in [-0.15, -0.1) is 0 Å². The van der Waals surface area contributed by atoms with Gasteiger partial charge >= 0.3 is 0 Å². The number of guanidine groups is 1. The Morgan fingerprint density at radius 2 is 1.85 bits per heavy atom. The number of hydrogen-bond acceptors (Lipinski definition) is 3. The Morgan fingerprint density at radius 1 is 1.15 bits per heavy atom. The second-order valence-electron chi connectivity index (χ2n) is 6.97. The maximum Gasteiger partial charge on any atom is 0.225 e. The quantitative estimate of drug-likeness (QED) is 0.367. The number of carbonyl (C=O) groups excluding carboxylic acids is 1. The van der Waals surface area contributed by atoms with Gasteiger partial charge in [0.25, 0.3) is 0 Å². The van der Waals surface area contributed by atoms with E-state index in [1.165, 1.54) is 6.07 Å². The molecule has 7 heteroatoms. The van der Waals surface area contributed by atoms with E-state index < -0.39 is 5.41 Å². The summed E-state index contributed by atoms with van der Waals surface area (Å²) in [5.41, 5.74) is 1.59. The van der Waals surface area contributed by atoms with Gasteiger partial charge in [0.1, 0.15) is 5.82 Å². The summed E-state index contributed by atoms with van der Waals surface area (Å²) in [7, 11) is 0. The number of benzene rings is 1. The van der Waals surface area contributed by atoms with Crippen LogP contribution in [0.5, 0.6) is 0 Å². The second kappa shape index (κ2) is 11.1. The molecule has 0 bridgehead atoms. The van der Waals surface area contributed by atoms with Crippen molar-refractivity contribution in [1.29, 1.82) is 0 Å². The Kier molecular flexibility index (Phi) is 9.48. The minimum absolute atomic E-state index is 0.0225. The van der Waals surface area contributed by atoms with Crippen LogP contribution in [-0.2, 0) is 17.1 Å². The van der Waals surface area contributed by atoms with Crippen molar-refractivity contribution in [2.75, 3.05) is 25.9 Å². The van der Waals surface area contributed by atoms with Gasteiger partial charge in [-0.25, -0.2) is 9.38 Å². The number of rotatable bonds is 8. The molecule has 0 saturated heterocycles. The Bertz CT molecular complexity index is 614. The predicted octanol–water partition coefficient (Wildman–Crippen LogP) is 2.91. The Labute approximate surface area is 160 Å². The van der Waals surface area contributed by atoms with Crippen LogP contribution in [0.2, 0.25) is 0 Å². The monoisotopic (exact) mass is 382 g/mol. The predicted molar refractivity (Wildman–Crippen MR) is 109 cm³/mol. The second-order valence-corrected chi connectivity index (χ2v) is 7.84. The van der Waals surface area contributed by atoms with E-state index in [0.717, 1.165) is 23.4 Å². The summed E-state index contributed by atoms with van der Waals surface area (Å²) in [5, 5.41) is 9.28. The van der Waals surface area contributed by atoms with E-state index >= 15 is 0 Å². The molecule has 0 aliphatic carbocycles. The minimum Gasteiger partial charge on any atom is -0.357 e. The van der Waals surface area contributed by atoms with Gasteiger partial charge in [0, 0.05) is 30.8 Å². The smallest absolute Gasteiger partial charge is 0.225 e. The lowest BCUT2D eigenvalue weighted by molar-refractivity contribution is -0.128. The number of thioether (sulfide) groups is 1. The highest BCUT2D eigenvalue weighted by molar-refractivity contribution is 7.97. The Balaban J connectivity index is 2.62. The fraction of sp³-hybridized carbons (Fsp3) is 0.579. The van der Waals surface area contributed by atoms with Gasteiger partial charge in [-0.1, -0.05) is 26.8 Å². The van der Waals surface area contributed by atoms with Crippen molar-refractivity contribution in [2.24, 2.45) is 10.4 Å². The highest BCUT2D eigenvalue weighted by Gasteiger charge is 2.20. The molecule has 0 aromatic heterocycles. The molecule has 0 atom stereocenters. The number of halogens is 1. The SMILES string of the molecule is CCNC(=NCc1ccc(F)cc1CSC)NCCNC(=O)C(C)(C)C. The molecule has 1 aromatic carbocycles. The zero-order valence-electron chi connectivity index (χ0n) is 16.4. The van der Waals surface area contributed by atoms with Gasteiger partial charge in [0.05, 0.1) is 6.54 Å². The molecule has 0 radical (unpaired) electrons. The lowest BCUT2D eigenvalue weighted by Crippen LogP contribution is -2.43. The minimum atomic E-state index is -0.394. The van der Waals surface area contributed by atoms with Crippen molar-refractivity contribution in [3.05, 3.63) is 35.1 Å². The molecule has 1 aromatic rings. The van der Waals surface area contributed by atoms with Gasteiger partial charge in [-0.3, -0.25) is 4.79 Å². The first kappa shape index (κ1) is 22.3. The maximum absolute atomic E-state index is 13.4. The summed E-state index contributed by atoms with van der Waals surface area (Å²) in [4.78, 5) is 16.4. The average Bonchev–Trinajstić information content (AvgIpc) is 2.56. The van der Waals surface area contributed by atoms with E-state index in [4.69, 9.17) is 0 Å². The normalized spacial score (nSPS) is 12.0. The van der Waals surface area contributed by atoms with E-state index in [2.05, 4.69) is 20.9 Å². The highest BCUT2D eigenvalue weighted by atomic mass is 32.2. The molecule has 0 heterocycles. The highest BCUT2D eigenvalue weighted by Crippen LogP contribution is 2.17.